The minimum atomic E-state index is -0.687. The Bertz CT molecular complexity index is 701. The van der Waals surface area contributed by atoms with Crippen LogP contribution in [-0.2, 0) is 13.1 Å². The zero-order chi connectivity index (χ0) is 17.5. The van der Waals surface area contributed by atoms with E-state index in [4.69, 9.17) is 10.00 Å². The van der Waals surface area contributed by atoms with Gasteiger partial charge in [0.05, 0.1) is 23.9 Å². The third-order valence-electron chi connectivity index (χ3n) is 4.34. The van der Waals surface area contributed by atoms with Crippen LogP contribution in [0.1, 0.15) is 36.9 Å². The minimum absolute atomic E-state index is 0.154. The second-order valence-corrected chi connectivity index (χ2v) is 6.40. The molecule has 25 heavy (non-hydrogen) atoms. The van der Waals surface area contributed by atoms with Gasteiger partial charge in [-0.2, -0.15) is 5.26 Å². The van der Waals surface area contributed by atoms with Crippen LogP contribution in [0.4, 0.5) is 0 Å². The van der Waals surface area contributed by atoms with Crippen molar-refractivity contribution in [3.8, 4) is 11.8 Å². The lowest BCUT2D eigenvalue weighted by Gasteiger charge is -2.12. The standard InChI is InChI=1S/C18H23N5O2/c19-9-14-5-7-18(8-6-14)25-13-17(24)12-23-11-16(21-22-23)10-20-15-3-1-2-4-15/h5-8,11,15,17,20,24H,1-4,10,12-13H2. The zero-order valence-corrected chi connectivity index (χ0v) is 14.1. The Morgan fingerprint density at radius 2 is 2.08 bits per heavy atom. The van der Waals surface area contributed by atoms with E-state index in [2.05, 4.69) is 21.7 Å². The molecule has 0 bridgehead atoms. The number of ether oxygens (including phenoxy) is 1. The van der Waals surface area contributed by atoms with Crippen molar-refractivity contribution in [3.63, 3.8) is 0 Å². The summed E-state index contributed by atoms with van der Waals surface area (Å²) in [5.41, 5.74) is 1.46. The number of hydrogen-bond acceptors (Lipinski definition) is 6. The summed E-state index contributed by atoms with van der Waals surface area (Å²) in [5, 5.41) is 30.5. The molecule has 132 valence electrons. The average molecular weight is 341 g/mol. The first-order valence-corrected chi connectivity index (χ1v) is 8.66. The van der Waals surface area contributed by atoms with Gasteiger partial charge in [-0.3, -0.25) is 0 Å². The van der Waals surface area contributed by atoms with Gasteiger partial charge < -0.3 is 15.2 Å². The van der Waals surface area contributed by atoms with Crippen LogP contribution < -0.4 is 10.1 Å². The van der Waals surface area contributed by atoms with Gasteiger partial charge in [0, 0.05) is 18.8 Å². The van der Waals surface area contributed by atoms with Gasteiger partial charge in [-0.15, -0.1) is 5.10 Å². The van der Waals surface area contributed by atoms with Crippen molar-refractivity contribution in [1.29, 1.82) is 5.26 Å². The van der Waals surface area contributed by atoms with Crippen molar-refractivity contribution in [3.05, 3.63) is 41.7 Å². The Morgan fingerprint density at radius 3 is 2.80 bits per heavy atom. The molecule has 1 aromatic heterocycles. The maximum Gasteiger partial charge on any atom is 0.119 e. The summed E-state index contributed by atoms with van der Waals surface area (Å²) in [4.78, 5) is 0. The third kappa shape index (κ3) is 5.28. The summed E-state index contributed by atoms with van der Waals surface area (Å²) in [5.74, 6) is 0.623. The zero-order valence-electron chi connectivity index (χ0n) is 14.1. The molecule has 1 atom stereocenters. The predicted molar refractivity (Wildman–Crippen MR) is 91.8 cm³/mol. The maximum atomic E-state index is 10.1. The maximum absolute atomic E-state index is 10.1. The van der Waals surface area contributed by atoms with E-state index < -0.39 is 6.10 Å². The van der Waals surface area contributed by atoms with Crippen LogP contribution in [0, 0.1) is 11.3 Å². The minimum Gasteiger partial charge on any atom is -0.491 e. The fourth-order valence-corrected chi connectivity index (χ4v) is 2.97. The molecule has 1 heterocycles. The van der Waals surface area contributed by atoms with Crippen LogP contribution in [0.5, 0.6) is 5.75 Å². The molecule has 0 amide bonds. The van der Waals surface area contributed by atoms with Gasteiger partial charge in [0.2, 0.25) is 0 Å². The summed E-state index contributed by atoms with van der Waals surface area (Å²) >= 11 is 0. The van der Waals surface area contributed by atoms with Crippen molar-refractivity contribution in [2.24, 2.45) is 0 Å². The molecule has 7 heteroatoms. The number of nitriles is 1. The van der Waals surface area contributed by atoms with E-state index >= 15 is 0 Å². The quantitative estimate of drug-likeness (QED) is 0.757. The molecular formula is C18H23N5O2. The molecule has 0 radical (unpaired) electrons. The highest BCUT2D eigenvalue weighted by molar-refractivity contribution is 5.34. The van der Waals surface area contributed by atoms with Gasteiger partial charge in [-0.05, 0) is 37.1 Å². The lowest BCUT2D eigenvalue weighted by atomic mass is 10.2. The molecule has 1 saturated carbocycles. The molecule has 0 saturated heterocycles. The Morgan fingerprint density at radius 1 is 1.32 bits per heavy atom. The van der Waals surface area contributed by atoms with E-state index in [1.54, 1.807) is 28.9 Å². The van der Waals surface area contributed by atoms with E-state index in [1.165, 1.54) is 25.7 Å². The number of rotatable bonds is 8. The Labute approximate surface area is 147 Å². The van der Waals surface area contributed by atoms with Crippen LogP contribution in [0.25, 0.3) is 0 Å². The topological polar surface area (TPSA) is 96.0 Å². The van der Waals surface area contributed by atoms with Gasteiger partial charge in [0.25, 0.3) is 0 Å². The van der Waals surface area contributed by atoms with Crippen LogP contribution >= 0.6 is 0 Å². The smallest absolute Gasteiger partial charge is 0.119 e. The molecule has 7 nitrogen and oxygen atoms in total. The molecule has 2 aromatic rings. The Hall–Kier alpha value is -2.43. The number of nitrogens with zero attached hydrogens (tertiary/aromatic N) is 4. The highest BCUT2D eigenvalue weighted by Gasteiger charge is 2.15. The molecule has 1 aliphatic rings. The molecule has 1 fully saturated rings. The number of nitrogens with one attached hydrogen (secondary N) is 1. The lowest BCUT2D eigenvalue weighted by molar-refractivity contribution is 0.0888. The summed E-state index contributed by atoms with van der Waals surface area (Å²) in [6.07, 6.45) is 6.24. The highest BCUT2D eigenvalue weighted by atomic mass is 16.5. The lowest BCUT2D eigenvalue weighted by Crippen LogP contribution is -2.25. The second kappa shape index (κ2) is 8.60. The molecule has 1 unspecified atom stereocenters. The van der Waals surface area contributed by atoms with Crippen molar-refractivity contribution in [2.45, 2.75) is 50.9 Å². The van der Waals surface area contributed by atoms with Gasteiger partial charge >= 0.3 is 0 Å². The van der Waals surface area contributed by atoms with Crippen molar-refractivity contribution >= 4 is 0 Å². The van der Waals surface area contributed by atoms with Gasteiger partial charge in [-0.1, -0.05) is 18.1 Å². The van der Waals surface area contributed by atoms with Crippen LogP contribution in [0.2, 0.25) is 0 Å². The van der Waals surface area contributed by atoms with Crippen LogP contribution in [-0.4, -0.2) is 38.9 Å². The summed E-state index contributed by atoms with van der Waals surface area (Å²) in [6.45, 7) is 1.19. The number of hydrogen-bond donors (Lipinski definition) is 2. The summed E-state index contributed by atoms with van der Waals surface area (Å²) in [7, 11) is 0. The van der Waals surface area contributed by atoms with E-state index in [0.717, 1.165) is 5.69 Å². The SMILES string of the molecule is N#Cc1ccc(OCC(O)Cn2cc(CNC3CCCC3)nn2)cc1. The van der Waals surface area contributed by atoms with E-state index in [9.17, 15) is 5.11 Å². The molecule has 0 aliphatic heterocycles. The largest absolute Gasteiger partial charge is 0.491 e. The summed E-state index contributed by atoms with van der Waals surface area (Å²) < 4.78 is 7.17. The van der Waals surface area contributed by atoms with E-state index in [-0.39, 0.29) is 6.61 Å². The molecule has 1 aliphatic carbocycles. The van der Waals surface area contributed by atoms with Crippen molar-refractivity contribution < 1.29 is 9.84 Å². The van der Waals surface area contributed by atoms with Crippen molar-refractivity contribution in [2.75, 3.05) is 6.61 Å². The molecule has 3 rings (SSSR count). The fourth-order valence-electron chi connectivity index (χ4n) is 2.97. The second-order valence-electron chi connectivity index (χ2n) is 6.40. The normalized spacial score (nSPS) is 15.8. The van der Waals surface area contributed by atoms with Gasteiger partial charge in [0.15, 0.2) is 0 Å². The first-order chi connectivity index (χ1) is 12.2. The first-order valence-electron chi connectivity index (χ1n) is 8.66. The number of aliphatic hydroxyl groups is 1. The number of benzene rings is 1. The average Bonchev–Trinajstić information content (AvgIpc) is 3.30. The predicted octanol–water partition coefficient (Wildman–Crippen LogP) is 1.62. The molecule has 1 aromatic carbocycles. The monoisotopic (exact) mass is 341 g/mol. The van der Waals surface area contributed by atoms with Crippen molar-refractivity contribution in [1.82, 2.24) is 20.3 Å². The fraction of sp³-hybridized carbons (Fsp3) is 0.500. The number of aromatic nitrogens is 3. The number of aliphatic hydroxyl groups excluding tert-OH is 1. The molecular weight excluding hydrogens is 318 g/mol. The van der Waals surface area contributed by atoms with Crippen LogP contribution in [0.15, 0.2) is 30.5 Å². The Kier molecular flexibility index (Phi) is 5.99. The summed E-state index contributed by atoms with van der Waals surface area (Å²) in [6, 6.07) is 9.45. The van der Waals surface area contributed by atoms with E-state index in [1.807, 2.05) is 6.20 Å². The Balaban J connectivity index is 1.41. The van der Waals surface area contributed by atoms with Gasteiger partial charge in [0.1, 0.15) is 18.5 Å². The highest BCUT2D eigenvalue weighted by Crippen LogP contribution is 2.17. The third-order valence-corrected chi connectivity index (χ3v) is 4.34. The molecule has 0 spiro atoms. The van der Waals surface area contributed by atoms with Gasteiger partial charge in [-0.25, -0.2) is 4.68 Å². The first kappa shape index (κ1) is 17.4. The molecule has 2 N–H and O–H groups in total. The van der Waals surface area contributed by atoms with E-state index in [0.29, 0.717) is 30.4 Å². The van der Waals surface area contributed by atoms with Crippen LogP contribution in [0.3, 0.4) is 0 Å².